The summed E-state index contributed by atoms with van der Waals surface area (Å²) in [6, 6.07) is 5.41. The van der Waals surface area contributed by atoms with Gasteiger partial charge in [-0.05, 0) is 57.4 Å². The first-order valence-corrected chi connectivity index (χ1v) is 8.36. The molecular formula is C19H19N3O3. The summed E-state index contributed by atoms with van der Waals surface area (Å²) in [5.41, 5.74) is 4.46. The standard InChI is InChI=1S/C19H19N3O3/c1-9-16(11(3)23)10(2)20-17(9)18(24)21-13-6-7-15-14(8-13)22-19(25-15)12-4-5-12/h6-8,12,20H,4-5H2,1-3H3,(H,21,24). The number of ketones is 1. The van der Waals surface area contributed by atoms with E-state index in [0.717, 1.165) is 29.8 Å². The van der Waals surface area contributed by atoms with Crippen LogP contribution in [-0.4, -0.2) is 21.7 Å². The van der Waals surface area contributed by atoms with E-state index in [9.17, 15) is 9.59 Å². The zero-order valence-electron chi connectivity index (χ0n) is 14.4. The van der Waals surface area contributed by atoms with Crippen molar-refractivity contribution in [2.24, 2.45) is 0 Å². The molecule has 128 valence electrons. The number of carbonyl (C=O) groups excluding carboxylic acids is 2. The van der Waals surface area contributed by atoms with Crippen LogP contribution in [0.4, 0.5) is 5.69 Å². The smallest absolute Gasteiger partial charge is 0.272 e. The Balaban J connectivity index is 1.61. The van der Waals surface area contributed by atoms with E-state index < -0.39 is 0 Å². The summed E-state index contributed by atoms with van der Waals surface area (Å²) >= 11 is 0. The van der Waals surface area contributed by atoms with Crippen molar-refractivity contribution in [1.29, 1.82) is 0 Å². The summed E-state index contributed by atoms with van der Waals surface area (Å²) in [5.74, 6) is 0.890. The highest BCUT2D eigenvalue weighted by Crippen LogP contribution is 2.40. The van der Waals surface area contributed by atoms with Crippen LogP contribution in [0.1, 0.15) is 63.7 Å². The number of rotatable bonds is 4. The molecule has 0 aliphatic heterocycles. The molecule has 1 aromatic carbocycles. The van der Waals surface area contributed by atoms with E-state index in [-0.39, 0.29) is 11.7 Å². The quantitative estimate of drug-likeness (QED) is 0.701. The Morgan fingerprint density at radius 2 is 2.04 bits per heavy atom. The molecule has 0 unspecified atom stereocenters. The van der Waals surface area contributed by atoms with Crippen LogP contribution in [0, 0.1) is 13.8 Å². The zero-order chi connectivity index (χ0) is 17.7. The van der Waals surface area contributed by atoms with Crippen molar-refractivity contribution in [3.8, 4) is 0 Å². The summed E-state index contributed by atoms with van der Waals surface area (Å²) in [7, 11) is 0. The molecule has 0 atom stereocenters. The van der Waals surface area contributed by atoms with Gasteiger partial charge < -0.3 is 14.7 Å². The minimum absolute atomic E-state index is 0.0538. The van der Waals surface area contributed by atoms with Gasteiger partial charge in [0.2, 0.25) is 0 Å². The monoisotopic (exact) mass is 337 g/mol. The van der Waals surface area contributed by atoms with E-state index in [1.54, 1.807) is 26.0 Å². The first-order valence-electron chi connectivity index (χ1n) is 8.36. The number of amides is 1. The van der Waals surface area contributed by atoms with Crippen molar-refractivity contribution in [3.05, 3.63) is 46.6 Å². The predicted octanol–water partition coefficient (Wildman–Crippen LogP) is 4.11. The highest BCUT2D eigenvalue weighted by Gasteiger charge is 2.29. The fraction of sp³-hybridized carbons (Fsp3) is 0.316. The number of fused-ring (bicyclic) bond motifs is 1. The Morgan fingerprint density at radius 3 is 2.68 bits per heavy atom. The normalized spacial score (nSPS) is 14.0. The number of nitrogens with one attached hydrogen (secondary N) is 2. The maximum absolute atomic E-state index is 12.6. The number of Topliss-reactive ketones (excluding diaryl/α,β-unsaturated/α-hetero) is 1. The number of hydrogen-bond donors (Lipinski definition) is 2. The summed E-state index contributed by atoms with van der Waals surface area (Å²) in [4.78, 5) is 31.8. The topological polar surface area (TPSA) is 88.0 Å². The second-order valence-corrected chi connectivity index (χ2v) is 6.64. The molecule has 0 radical (unpaired) electrons. The van der Waals surface area contributed by atoms with Crippen molar-refractivity contribution < 1.29 is 14.0 Å². The molecule has 25 heavy (non-hydrogen) atoms. The maximum Gasteiger partial charge on any atom is 0.272 e. The fourth-order valence-electron chi connectivity index (χ4n) is 3.23. The number of anilines is 1. The van der Waals surface area contributed by atoms with Crippen molar-refractivity contribution in [2.45, 2.75) is 39.5 Å². The van der Waals surface area contributed by atoms with Gasteiger partial charge in [0.15, 0.2) is 17.3 Å². The molecule has 1 aliphatic rings. The molecule has 1 saturated carbocycles. The van der Waals surface area contributed by atoms with Crippen LogP contribution >= 0.6 is 0 Å². The zero-order valence-corrected chi connectivity index (χ0v) is 14.4. The molecular weight excluding hydrogens is 318 g/mol. The number of aromatic amines is 1. The molecule has 0 bridgehead atoms. The lowest BCUT2D eigenvalue weighted by atomic mass is 10.1. The van der Waals surface area contributed by atoms with Gasteiger partial charge in [0, 0.05) is 22.9 Å². The minimum atomic E-state index is -0.279. The Morgan fingerprint density at radius 1 is 1.28 bits per heavy atom. The number of nitrogens with zero attached hydrogens (tertiary/aromatic N) is 1. The van der Waals surface area contributed by atoms with Crippen molar-refractivity contribution >= 4 is 28.5 Å². The molecule has 2 heterocycles. The second kappa shape index (κ2) is 5.58. The van der Waals surface area contributed by atoms with Crippen molar-refractivity contribution in [1.82, 2.24) is 9.97 Å². The summed E-state index contributed by atoms with van der Waals surface area (Å²) < 4.78 is 5.73. The second-order valence-electron chi connectivity index (χ2n) is 6.64. The first kappa shape index (κ1) is 15.6. The third kappa shape index (κ3) is 2.73. The molecule has 1 amide bonds. The molecule has 0 spiro atoms. The van der Waals surface area contributed by atoms with E-state index in [0.29, 0.717) is 34.1 Å². The Labute approximate surface area is 144 Å². The number of aryl methyl sites for hydroxylation is 1. The van der Waals surface area contributed by atoms with Gasteiger partial charge in [0.1, 0.15) is 11.2 Å². The lowest BCUT2D eigenvalue weighted by molar-refractivity contribution is 0.101. The van der Waals surface area contributed by atoms with Gasteiger partial charge in [0.05, 0.1) is 0 Å². The van der Waals surface area contributed by atoms with Crippen LogP contribution < -0.4 is 5.32 Å². The predicted molar refractivity (Wildman–Crippen MR) is 94.2 cm³/mol. The molecule has 2 aromatic heterocycles. The van der Waals surface area contributed by atoms with E-state index in [1.807, 2.05) is 6.07 Å². The van der Waals surface area contributed by atoms with Crippen LogP contribution in [0.25, 0.3) is 11.1 Å². The molecule has 4 rings (SSSR count). The lowest BCUT2D eigenvalue weighted by Gasteiger charge is -2.04. The van der Waals surface area contributed by atoms with Gasteiger partial charge in [-0.1, -0.05) is 0 Å². The summed E-state index contributed by atoms with van der Waals surface area (Å²) in [6.45, 7) is 5.07. The van der Waals surface area contributed by atoms with Gasteiger partial charge in [-0.15, -0.1) is 0 Å². The molecule has 3 aromatic rings. The fourth-order valence-corrected chi connectivity index (χ4v) is 3.23. The van der Waals surface area contributed by atoms with Gasteiger partial charge in [-0.2, -0.15) is 0 Å². The van der Waals surface area contributed by atoms with Crippen LogP contribution in [0.2, 0.25) is 0 Å². The SMILES string of the molecule is CC(=O)c1c(C)[nH]c(C(=O)Nc2ccc3oc(C4CC4)nc3c2)c1C. The highest BCUT2D eigenvalue weighted by atomic mass is 16.3. The van der Waals surface area contributed by atoms with Gasteiger partial charge in [0.25, 0.3) is 5.91 Å². The summed E-state index contributed by atoms with van der Waals surface area (Å²) in [5, 5.41) is 2.86. The number of oxazole rings is 1. The molecule has 6 heteroatoms. The number of hydrogen-bond acceptors (Lipinski definition) is 4. The third-order valence-corrected chi connectivity index (χ3v) is 4.61. The van der Waals surface area contributed by atoms with Gasteiger partial charge in [-0.25, -0.2) is 4.98 Å². The van der Waals surface area contributed by atoms with Gasteiger partial charge in [-0.3, -0.25) is 9.59 Å². The van der Waals surface area contributed by atoms with Crippen LogP contribution in [0.3, 0.4) is 0 Å². The molecule has 2 N–H and O–H groups in total. The first-order chi connectivity index (χ1) is 11.9. The average molecular weight is 337 g/mol. The minimum Gasteiger partial charge on any atom is -0.440 e. The van der Waals surface area contributed by atoms with Crippen LogP contribution in [-0.2, 0) is 0 Å². The highest BCUT2D eigenvalue weighted by molar-refractivity contribution is 6.08. The number of carbonyl (C=O) groups is 2. The van der Waals surface area contributed by atoms with Crippen molar-refractivity contribution in [3.63, 3.8) is 0 Å². The van der Waals surface area contributed by atoms with Crippen molar-refractivity contribution in [2.75, 3.05) is 5.32 Å². The lowest BCUT2D eigenvalue weighted by Crippen LogP contribution is -2.13. The molecule has 0 saturated heterocycles. The summed E-state index contributed by atoms with van der Waals surface area (Å²) in [6.07, 6.45) is 2.25. The van der Waals surface area contributed by atoms with E-state index >= 15 is 0 Å². The maximum atomic E-state index is 12.6. The Hall–Kier alpha value is -2.89. The third-order valence-electron chi connectivity index (χ3n) is 4.61. The van der Waals surface area contributed by atoms with Crippen LogP contribution in [0.15, 0.2) is 22.6 Å². The Bertz CT molecular complexity index is 1010. The number of H-pyrrole nitrogens is 1. The Kier molecular flexibility index (Phi) is 3.49. The molecule has 6 nitrogen and oxygen atoms in total. The van der Waals surface area contributed by atoms with Gasteiger partial charge >= 0.3 is 0 Å². The van der Waals surface area contributed by atoms with Crippen LogP contribution in [0.5, 0.6) is 0 Å². The molecule has 1 fully saturated rings. The number of aromatic nitrogens is 2. The van der Waals surface area contributed by atoms with E-state index in [1.165, 1.54) is 6.92 Å². The van der Waals surface area contributed by atoms with E-state index in [4.69, 9.17) is 4.42 Å². The average Bonchev–Trinajstić information content (AvgIpc) is 3.24. The largest absolute Gasteiger partial charge is 0.440 e. The molecule has 1 aliphatic carbocycles. The number of benzene rings is 1. The van der Waals surface area contributed by atoms with E-state index in [2.05, 4.69) is 15.3 Å².